The predicted octanol–water partition coefficient (Wildman–Crippen LogP) is 3.37. The van der Waals surface area contributed by atoms with Crippen LogP contribution < -0.4 is 4.74 Å². The molecule has 0 spiro atoms. The van der Waals surface area contributed by atoms with Gasteiger partial charge in [0.2, 0.25) is 0 Å². The molecule has 1 amide bonds. The summed E-state index contributed by atoms with van der Waals surface area (Å²) in [6.07, 6.45) is -0.0275. The third-order valence-corrected chi connectivity index (χ3v) is 5.22. The lowest BCUT2D eigenvalue weighted by molar-refractivity contribution is -0.384. The van der Waals surface area contributed by atoms with Crippen LogP contribution in [0.2, 0.25) is 0 Å². The van der Waals surface area contributed by atoms with Gasteiger partial charge >= 0.3 is 0 Å². The monoisotopic (exact) mass is 453 g/mol. The fourth-order valence-electron chi connectivity index (χ4n) is 3.69. The molecule has 9 heteroatoms. The van der Waals surface area contributed by atoms with Crippen LogP contribution in [0.3, 0.4) is 0 Å². The molecular formula is C24H27N3O6. The van der Waals surface area contributed by atoms with E-state index < -0.39 is 22.7 Å². The number of nitro groups is 1. The van der Waals surface area contributed by atoms with E-state index in [0.29, 0.717) is 23.4 Å². The van der Waals surface area contributed by atoms with Crippen LogP contribution in [-0.2, 0) is 9.59 Å². The third-order valence-electron chi connectivity index (χ3n) is 5.22. The van der Waals surface area contributed by atoms with E-state index in [1.807, 2.05) is 32.8 Å². The molecule has 2 aromatic rings. The van der Waals surface area contributed by atoms with Gasteiger partial charge < -0.3 is 19.6 Å². The lowest BCUT2D eigenvalue weighted by Crippen LogP contribution is -2.35. The van der Waals surface area contributed by atoms with E-state index in [9.17, 15) is 24.8 Å². The van der Waals surface area contributed by atoms with Crippen LogP contribution >= 0.6 is 0 Å². The zero-order chi connectivity index (χ0) is 24.3. The number of carbonyl (C=O) groups excluding carboxylic acids is 2. The topological polar surface area (TPSA) is 113 Å². The van der Waals surface area contributed by atoms with E-state index in [4.69, 9.17) is 4.74 Å². The lowest BCUT2D eigenvalue weighted by atomic mass is 9.95. The molecule has 0 radical (unpaired) electrons. The summed E-state index contributed by atoms with van der Waals surface area (Å²) in [5, 5.41) is 22.4. The highest BCUT2D eigenvalue weighted by Gasteiger charge is 2.46. The van der Waals surface area contributed by atoms with Gasteiger partial charge in [0.05, 0.1) is 22.6 Å². The van der Waals surface area contributed by atoms with Crippen molar-refractivity contribution in [3.05, 3.63) is 75.3 Å². The van der Waals surface area contributed by atoms with Gasteiger partial charge in [-0.3, -0.25) is 19.7 Å². The Balaban J connectivity index is 2.11. The summed E-state index contributed by atoms with van der Waals surface area (Å²) in [4.78, 5) is 39.9. The van der Waals surface area contributed by atoms with Crippen molar-refractivity contribution in [2.75, 3.05) is 27.2 Å². The van der Waals surface area contributed by atoms with Crippen molar-refractivity contribution >= 4 is 23.1 Å². The standard InChI is InChI=1S/C24H27N3O6/c1-15(2)33-19-10-8-16(9-11-19)22(28)20-21(17-6-5-7-18(14-17)27(31)32)26(13-12-25(3)4)24(30)23(20)29/h5-11,14-15,21,28H,12-13H2,1-4H3/b22-20+/t21-/m1/s1. The van der Waals surface area contributed by atoms with Gasteiger partial charge in [0.25, 0.3) is 17.4 Å². The van der Waals surface area contributed by atoms with Crippen molar-refractivity contribution in [1.82, 2.24) is 9.80 Å². The molecule has 1 N–H and O–H groups in total. The molecule has 1 fully saturated rings. The number of rotatable bonds is 8. The van der Waals surface area contributed by atoms with Gasteiger partial charge in [0.15, 0.2) is 0 Å². The van der Waals surface area contributed by atoms with Gasteiger partial charge in [0.1, 0.15) is 11.5 Å². The summed E-state index contributed by atoms with van der Waals surface area (Å²) in [7, 11) is 3.67. The van der Waals surface area contributed by atoms with Gasteiger partial charge in [-0.15, -0.1) is 0 Å². The van der Waals surface area contributed by atoms with Crippen molar-refractivity contribution in [3.8, 4) is 5.75 Å². The third kappa shape index (κ3) is 5.20. The molecule has 0 bridgehead atoms. The van der Waals surface area contributed by atoms with Crippen LogP contribution in [-0.4, -0.2) is 64.8 Å². The van der Waals surface area contributed by atoms with E-state index in [2.05, 4.69) is 0 Å². The quantitative estimate of drug-likeness (QED) is 0.214. The average Bonchev–Trinajstić information content (AvgIpc) is 3.02. The number of hydrogen-bond donors (Lipinski definition) is 1. The zero-order valence-electron chi connectivity index (χ0n) is 19.0. The van der Waals surface area contributed by atoms with Crippen LogP contribution in [0, 0.1) is 10.1 Å². The average molecular weight is 453 g/mol. The highest BCUT2D eigenvalue weighted by molar-refractivity contribution is 6.46. The van der Waals surface area contributed by atoms with Crippen molar-refractivity contribution in [2.24, 2.45) is 0 Å². The van der Waals surface area contributed by atoms with E-state index in [1.165, 1.54) is 23.1 Å². The van der Waals surface area contributed by atoms with Crippen LogP contribution in [0.15, 0.2) is 54.1 Å². The summed E-state index contributed by atoms with van der Waals surface area (Å²) in [6.45, 7) is 4.47. The Morgan fingerprint density at radius 3 is 2.42 bits per heavy atom. The van der Waals surface area contributed by atoms with Gasteiger partial charge in [-0.05, 0) is 57.8 Å². The fraction of sp³-hybridized carbons (Fsp3) is 0.333. The molecule has 174 valence electrons. The second-order valence-corrected chi connectivity index (χ2v) is 8.34. The zero-order valence-corrected chi connectivity index (χ0v) is 19.0. The smallest absolute Gasteiger partial charge is 0.295 e. The van der Waals surface area contributed by atoms with Gasteiger partial charge in [0, 0.05) is 30.8 Å². The molecule has 2 aromatic carbocycles. The first-order valence-electron chi connectivity index (χ1n) is 10.5. The highest BCUT2D eigenvalue weighted by atomic mass is 16.6. The van der Waals surface area contributed by atoms with E-state index in [0.717, 1.165) is 0 Å². The molecule has 33 heavy (non-hydrogen) atoms. The van der Waals surface area contributed by atoms with E-state index >= 15 is 0 Å². The van der Waals surface area contributed by atoms with Gasteiger partial charge in [-0.25, -0.2) is 0 Å². The molecule has 1 heterocycles. The number of ketones is 1. The summed E-state index contributed by atoms with van der Waals surface area (Å²) in [5.74, 6) is -1.32. The summed E-state index contributed by atoms with van der Waals surface area (Å²) >= 11 is 0. The second kappa shape index (κ2) is 9.83. The lowest BCUT2D eigenvalue weighted by Gasteiger charge is -2.26. The number of Topliss-reactive ketones (excluding diaryl/α,β-unsaturated/α-hetero) is 1. The van der Waals surface area contributed by atoms with Crippen LogP contribution in [0.25, 0.3) is 5.76 Å². The predicted molar refractivity (Wildman–Crippen MR) is 123 cm³/mol. The minimum Gasteiger partial charge on any atom is -0.507 e. The molecule has 0 aromatic heterocycles. The second-order valence-electron chi connectivity index (χ2n) is 8.34. The van der Waals surface area contributed by atoms with Gasteiger partial charge in [-0.1, -0.05) is 12.1 Å². The molecule has 0 saturated carbocycles. The number of nitro benzene ring substituents is 1. The minimum absolute atomic E-state index is 0.0275. The minimum atomic E-state index is -0.948. The Kier molecular flexibility index (Phi) is 7.13. The van der Waals surface area contributed by atoms with Crippen LogP contribution in [0.4, 0.5) is 5.69 Å². The Morgan fingerprint density at radius 2 is 1.85 bits per heavy atom. The molecule has 1 aliphatic heterocycles. The number of aliphatic hydroxyl groups is 1. The molecular weight excluding hydrogens is 426 g/mol. The summed E-state index contributed by atoms with van der Waals surface area (Å²) in [5.41, 5.74) is 0.452. The molecule has 1 aliphatic rings. The number of ether oxygens (including phenoxy) is 1. The number of amides is 1. The SMILES string of the molecule is CC(C)Oc1ccc(/C(O)=C2\C(=O)C(=O)N(CCN(C)C)[C@@H]2c2cccc([N+](=O)[O-])c2)cc1. The number of likely N-dealkylation sites (N-methyl/N-ethyl adjacent to an activating group) is 1. The Bertz CT molecular complexity index is 1090. The molecule has 1 atom stereocenters. The van der Waals surface area contributed by atoms with Crippen molar-refractivity contribution in [3.63, 3.8) is 0 Å². The molecule has 9 nitrogen and oxygen atoms in total. The molecule has 0 aliphatic carbocycles. The first-order valence-corrected chi connectivity index (χ1v) is 10.5. The maximum atomic E-state index is 13.0. The number of likely N-dealkylation sites (tertiary alicyclic amines) is 1. The number of carbonyl (C=O) groups is 2. The highest BCUT2D eigenvalue weighted by Crippen LogP contribution is 2.40. The maximum Gasteiger partial charge on any atom is 0.295 e. The van der Waals surface area contributed by atoms with E-state index in [-0.39, 0.29) is 29.7 Å². The molecule has 0 unspecified atom stereocenters. The van der Waals surface area contributed by atoms with Crippen molar-refractivity contribution in [2.45, 2.75) is 26.0 Å². The normalized spacial score (nSPS) is 17.8. The first-order chi connectivity index (χ1) is 15.6. The number of nitrogens with zero attached hydrogens (tertiary/aromatic N) is 3. The van der Waals surface area contributed by atoms with Crippen molar-refractivity contribution in [1.29, 1.82) is 0 Å². The summed E-state index contributed by atoms with van der Waals surface area (Å²) < 4.78 is 5.61. The van der Waals surface area contributed by atoms with Crippen LogP contribution in [0.5, 0.6) is 5.75 Å². The van der Waals surface area contributed by atoms with Crippen LogP contribution in [0.1, 0.15) is 31.0 Å². The maximum absolute atomic E-state index is 13.0. The molecule has 3 rings (SSSR count). The number of hydrogen-bond acceptors (Lipinski definition) is 7. The number of benzene rings is 2. The Labute approximate surface area is 192 Å². The Hall–Kier alpha value is -3.72. The molecule has 1 saturated heterocycles. The number of non-ortho nitro benzene ring substituents is 1. The summed E-state index contributed by atoms with van der Waals surface area (Å²) in [6, 6.07) is 11.4. The van der Waals surface area contributed by atoms with E-state index in [1.54, 1.807) is 30.3 Å². The fourth-order valence-corrected chi connectivity index (χ4v) is 3.69. The largest absolute Gasteiger partial charge is 0.507 e. The number of aliphatic hydroxyl groups excluding tert-OH is 1. The van der Waals surface area contributed by atoms with Gasteiger partial charge in [-0.2, -0.15) is 0 Å². The Morgan fingerprint density at radius 1 is 1.18 bits per heavy atom. The van der Waals surface area contributed by atoms with Crippen molar-refractivity contribution < 1.29 is 24.4 Å². The first kappa shape index (κ1) is 23.9.